The number of carboxylic acids is 1. The Labute approximate surface area is 284 Å². The molecule has 0 aliphatic rings. The van der Waals surface area contributed by atoms with Gasteiger partial charge in [-0.2, -0.15) is 13.2 Å². The maximum Gasteiger partial charge on any atom is 0.416 e. The van der Waals surface area contributed by atoms with Gasteiger partial charge in [-0.15, -0.1) is 0 Å². The summed E-state index contributed by atoms with van der Waals surface area (Å²) in [6, 6.07) is 16.5. The number of pyridine rings is 1. The number of aromatic nitrogens is 1. The highest BCUT2D eigenvalue weighted by Crippen LogP contribution is 2.32. The molecule has 0 unspecified atom stereocenters. The number of alkyl halides is 3. The number of rotatable bonds is 12. The van der Waals surface area contributed by atoms with Crippen molar-refractivity contribution in [1.82, 2.24) is 9.88 Å². The Bertz CT molecular complexity index is 1610. The first-order valence-corrected chi connectivity index (χ1v) is 15.5. The second kappa shape index (κ2) is 20.7. The summed E-state index contributed by atoms with van der Waals surface area (Å²) in [5.41, 5.74) is 0.158. The topological polar surface area (TPSA) is 126 Å². The van der Waals surface area contributed by atoms with Gasteiger partial charge in [-0.3, -0.25) is 14.4 Å². The normalized spacial score (nSPS) is 10.8. The third kappa shape index (κ3) is 14.0. The fourth-order valence-corrected chi connectivity index (χ4v) is 4.07. The van der Waals surface area contributed by atoms with E-state index in [2.05, 4.69) is 16.9 Å². The Hall–Kier alpha value is -5.52. The highest BCUT2D eigenvalue weighted by Gasteiger charge is 2.34. The lowest BCUT2D eigenvalue weighted by atomic mass is 10.0. The lowest BCUT2D eigenvalue weighted by Crippen LogP contribution is -2.35. The highest BCUT2D eigenvalue weighted by atomic mass is 19.4. The van der Waals surface area contributed by atoms with Crippen molar-refractivity contribution >= 4 is 29.4 Å². The molecule has 1 aromatic heterocycles. The Balaban J connectivity index is 0.00000289. The summed E-state index contributed by atoms with van der Waals surface area (Å²) in [6.07, 6.45) is -1.88. The molecule has 49 heavy (non-hydrogen) atoms. The van der Waals surface area contributed by atoms with Crippen LogP contribution in [-0.4, -0.2) is 51.5 Å². The number of hydrogen-bond acceptors (Lipinski definition) is 6. The van der Waals surface area contributed by atoms with Gasteiger partial charge in [0.15, 0.2) is 0 Å². The van der Waals surface area contributed by atoms with Crippen molar-refractivity contribution in [3.05, 3.63) is 125 Å². The molecule has 0 bridgehead atoms. The summed E-state index contributed by atoms with van der Waals surface area (Å²) in [5.74, 6) is -3.02. The molecule has 1 heterocycles. The molecule has 0 fully saturated rings. The molecule has 3 rings (SSSR count). The van der Waals surface area contributed by atoms with Crippen molar-refractivity contribution in [1.29, 1.82) is 0 Å². The van der Waals surface area contributed by atoms with E-state index in [1.54, 1.807) is 24.3 Å². The smallest absolute Gasteiger partial charge is 0.416 e. The fraction of sp³-hybridized carbons (Fsp3) is 0.270. The van der Waals surface area contributed by atoms with Crippen LogP contribution in [0.3, 0.4) is 0 Å². The third-order valence-electron chi connectivity index (χ3n) is 6.09. The molecule has 0 radical (unpaired) electrons. The van der Waals surface area contributed by atoms with Gasteiger partial charge in [-0.1, -0.05) is 70.2 Å². The monoisotopic (exact) mass is 681 g/mol. The largest absolute Gasteiger partial charge is 0.480 e. The van der Waals surface area contributed by atoms with E-state index in [-0.39, 0.29) is 34.8 Å². The summed E-state index contributed by atoms with van der Waals surface area (Å²) in [6.45, 7) is 13.7. The van der Waals surface area contributed by atoms with E-state index < -0.39 is 48.5 Å². The number of hydrogen-bond donors (Lipinski definition) is 2. The van der Waals surface area contributed by atoms with Gasteiger partial charge < -0.3 is 20.1 Å². The number of aliphatic carboxylic acids is 1. The van der Waals surface area contributed by atoms with Crippen LogP contribution < -0.4 is 10.1 Å². The number of allylic oxidation sites excluding steroid dienone is 4. The first-order valence-electron chi connectivity index (χ1n) is 15.5. The Morgan fingerprint density at radius 3 is 2.04 bits per heavy atom. The van der Waals surface area contributed by atoms with Crippen LogP contribution in [-0.2, 0) is 16.1 Å². The molecular weight excluding hydrogens is 639 g/mol. The number of halogens is 3. The number of nitrogens with zero attached hydrogens (tertiary/aromatic N) is 2. The first kappa shape index (κ1) is 41.5. The number of nitrogens with one attached hydrogen (secondary N) is 1. The van der Waals surface area contributed by atoms with Gasteiger partial charge >= 0.3 is 18.1 Å². The summed E-state index contributed by atoms with van der Waals surface area (Å²) in [7, 11) is 0. The molecule has 262 valence electrons. The molecular formula is C37H42F3N3O6. The van der Waals surface area contributed by atoms with Crippen LogP contribution in [0, 0.1) is 0 Å². The minimum Gasteiger partial charge on any atom is -0.480 e. The summed E-state index contributed by atoms with van der Waals surface area (Å²) < 4.78 is 45.9. The van der Waals surface area contributed by atoms with Gasteiger partial charge in [0, 0.05) is 24.0 Å². The lowest BCUT2D eigenvalue weighted by molar-refractivity contribution is -0.137. The number of carbonyl (C=O) groups is 4. The van der Waals surface area contributed by atoms with Crippen molar-refractivity contribution in [3.63, 3.8) is 0 Å². The number of carboxylic acid groups (broad SMARTS) is 1. The fourth-order valence-electron chi connectivity index (χ4n) is 4.07. The molecule has 0 spiro atoms. The lowest BCUT2D eigenvalue weighted by Gasteiger charge is -2.21. The van der Waals surface area contributed by atoms with Gasteiger partial charge in [0.1, 0.15) is 18.0 Å². The van der Waals surface area contributed by atoms with E-state index in [9.17, 15) is 37.5 Å². The second-order valence-corrected chi connectivity index (χ2v) is 9.97. The molecule has 0 saturated heterocycles. The third-order valence-corrected chi connectivity index (χ3v) is 6.09. The molecule has 0 atom stereocenters. The van der Waals surface area contributed by atoms with Crippen LogP contribution in [0.2, 0.25) is 0 Å². The standard InChI is InChI=1S/C33H30F3N3O6.2C2H6/c1-4-23(27(17-21(2)3)33(34,35)36)18-29(40)38-25-12-10-24(11-13-25)31(43)39(20-30(41)42)19-22-8-14-26(15-9-22)45-32(44)28-7-5-6-16-37-28;2*1-2/h4-17H,1,18-20H2,2-3H3,(H,38,40)(H,41,42);2*1-2H3/b27-23-;;. The number of esters is 1. The summed E-state index contributed by atoms with van der Waals surface area (Å²) in [5, 5.41) is 11.9. The number of amides is 2. The van der Waals surface area contributed by atoms with E-state index in [1.165, 1.54) is 62.5 Å². The Kier molecular flexibility index (Phi) is 17.5. The van der Waals surface area contributed by atoms with Crippen LogP contribution in [0.25, 0.3) is 0 Å². The predicted octanol–water partition coefficient (Wildman–Crippen LogP) is 8.42. The highest BCUT2D eigenvalue weighted by molar-refractivity contribution is 5.97. The number of ether oxygens (including phenoxy) is 1. The molecule has 12 heteroatoms. The van der Waals surface area contributed by atoms with Crippen LogP contribution in [0.15, 0.2) is 108 Å². The van der Waals surface area contributed by atoms with Gasteiger partial charge in [0.25, 0.3) is 5.91 Å². The van der Waals surface area contributed by atoms with Gasteiger partial charge in [0.05, 0.1) is 12.0 Å². The van der Waals surface area contributed by atoms with Gasteiger partial charge in [-0.25, -0.2) is 9.78 Å². The predicted molar refractivity (Wildman–Crippen MR) is 183 cm³/mol. The summed E-state index contributed by atoms with van der Waals surface area (Å²) >= 11 is 0. The van der Waals surface area contributed by atoms with Crippen LogP contribution in [0.4, 0.5) is 18.9 Å². The SMILES string of the molecule is C=C/C(CC(=O)Nc1ccc(C(=O)N(CC(=O)O)Cc2ccc(OC(=O)c3ccccn3)cc2)cc1)=C(\C=C(C)C)C(F)(F)F.CC.CC. The molecule has 0 aliphatic heterocycles. The second-order valence-electron chi connectivity index (χ2n) is 9.97. The van der Waals surface area contributed by atoms with E-state index in [4.69, 9.17) is 4.74 Å². The maximum atomic E-state index is 13.5. The van der Waals surface area contributed by atoms with E-state index in [1.807, 2.05) is 27.7 Å². The molecule has 2 amide bonds. The van der Waals surface area contributed by atoms with Gasteiger partial charge in [-0.05, 0) is 73.5 Å². The summed E-state index contributed by atoms with van der Waals surface area (Å²) in [4.78, 5) is 54.5. The Morgan fingerprint density at radius 1 is 0.939 bits per heavy atom. The van der Waals surface area contributed by atoms with Crippen molar-refractivity contribution in [2.24, 2.45) is 0 Å². The number of anilines is 1. The van der Waals surface area contributed by atoms with Crippen molar-refractivity contribution in [2.45, 2.75) is 60.7 Å². The molecule has 2 N–H and O–H groups in total. The van der Waals surface area contributed by atoms with Crippen LogP contribution in [0.5, 0.6) is 5.75 Å². The van der Waals surface area contributed by atoms with Crippen molar-refractivity contribution in [3.8, 4) is 5.75 Å². The number of benzene rings is 2. The first-order chi connectivity index (χ1) is 23.3. The average molecular weight is 682 g/mol. The van der Waals surface area contributed by atoms with Crippen LogP contribution >= 0.6 is 0 Å². The Morgan fingerprint density at radius 2 is 1.55 bits per heavy atom. The van der Waals surface area contributed by atoms with Crippen molar-refractivity contribution in [2.75, 3.05) is 11.9 Å². The molecule has 2 aromatic carbocycles. The van der Waals surface area contributed by atoms with Gasteiger partial charge in [0.2, 0.25) is 5.91 Å². The minimum absolute atomic E-state index is 0.0814. The quantitative estimate of drug-likeness (QED) is 0.112. The van der Waals surface area contributed by atoms with Crippen molar-refractivity contribution < 1.29 is 42.2 Å². The molecule has 9 nitrogen and oxygen atoms in total. The minimum atomic E-state index is -4.68. The zero-order chi connectivity index (χ0) is 37.1. The van der Waals surface area contributed by atoms with E-state index in [0.29, 0.717) is 11.1 Å². The maximum absolute atomic E-state index is 13.5. The molecule has 0 aliphatic carbocycles. The zero-order valence-electron chi connectivity index (χ0n) is 28.4. The van der Waals surface area contributed by atoms with E-state index in [0.717, 1.165) is 17.1 Å². The average Bonchev–Trinajstić information content (AvgIpc) is 3.08. The zero-order valence-corrected chi connectivity index (χ0v) is 28.4. The number of carbonyl (C=O) groups excluding carboxylic acids is 3. The molecule has 3 aromatic rings. The van der Waals surface area contributed by atoms with E-state index >= 15 is 0 Å². The molecule has 0 saturated carbocycles. The van der Waals surface area contributed by atoms with Crippen LogP contribution in [0.1, 0.15) is 74.4 Å².